The van der Waals surface area contributed by atoms with Gasteiger partial charge in [-0.25, -0.2) is 9.37 Å². The second-order valence-corrected chi connectivity index (χ2v) is 5.62. The minimum atomic E-state index is -0.579. The van der Waals surface area contributed by atoms with Crippen molar-refractivity contribution in [3.63, 3.8) is 0 Å². The molecule has 2 N–H and O–H groups in total. The van der Waals surface area contributed by atoms with E-state index in [4.69, 9.17) is 11.6 Å². The van der Waals surface area contributed by atoms with E-state index in [0.29, 0.717) is 24.4 Å². The number of halogens is 2. The third kappa shape index (κ3) is 3.68. The molecule has 3 rings (SSSR count). The molecule has 23 heavy (non-hydrogen) atoms. The van der Waals surface area contributed by atoms with Gasteiger partial charge in [0.05, 0.1) is 16.6 Å². The SMILES string of the molecule is O=C(NCCCc1nc2ccccc2[nH]1)c1cc(Cl)ccc1F. The number of aromatic amines is 1. The maximum atomic E-state index is 13.6. The molecule has 0 bridgehead atoms. The van der Waals surface area contributed by atoms with Gasteiger partial charge >= 0.3 is 0 Å². The van der Waals surface area contributed by atoms with Gasteiger partial charge < -0.3 is 10.3 Å². The quantitative estimate of drug-likeness (QED) is 0.700. The summed E-state index contributed by atoms with van der Waals surface area (Å²) in [5, 5.41) is 3.02. The highest BCUT2D eigenvalue weighted by molar-refractivity contribution is 6.31. The van der Waals surface area contributed by atoms with Crippen molar-refractivity contribution in [2.75, 3.05) is 6.54 Å². The van der Waals surface area contributed by atoms with E-state index in [2.05, 4.69) is 15.3 Å². The Kier molecular flexibility index (Phi) is 4.57. The number of H-pyrrole nitrogens is 1. The van der Waals surface area contributed by atoms with E-state index in [-0.39, 0.29) is 5.56 Å². The zero-order valence-corrected chi connectivity index (χ0v) is 13.0. The van der Waals surface area contributed by atoms with E-state index in [1.165, 1.54) is 18.2 Å². The molecule has 0 atom stereocenters. The van der Waals surface area contributed by atoms with Gasteiger partial charge in [0, 0.05) is 18.0 Å². The minimum Gasteiger partial charge on any atom is -0.352 e. The molecular formula is C17H15ClFN3O. The van der Waals surface area contributed by atoms with Crippen LogP contribution in [0.2, 0.25) is 5.02 Å². The van der Waals surface area contributed by atoms with Crippen LogP contribution in [0.4, 0.5) is 4.39 Å². The predicted octanol–water partition coefficient (Wildman–Crippen LogP) is 3.72. The Bertz CT molecular complexity index is 814. The van der Waals surface area contributed by atoms with Crippen molar-refractivity contribution in [3.05, 3.63) is 64.7 Å². The second kappa shape index (κ2) is 6.79. The number of carbonyl (C=O) groups is 1. The molecule has 4 nitrogen and oxygen atoms in total. The zero-order valence-electron chi connectivity index (χ0n) is 12.3. The third-order valence-corrected chi connectivity index (χ3v) is 3.72. The smallest absolute Gasteiger partial charge is 0.254 e. The molecule has 0 aliphatic rings. The molecule has 0 radical (unpaired) electrons. The Balaban J connectivity index is 1.53. The first-order chi connectivity index (χ1) is 11.1. The van der Waals surface area contributed by atoms with Gasteiger partial charge in [-0.3, -0.25) is 4.79 Å². The van der Waals surface area contributed by atoms with Gasteiger partial charge in [0.1, 0.15) is 11.6 Å². The monoisotopic (exact) mass is 331 g/mol. The number of nitrogens with one attached hydrogen (secondary N) is 2. The van der Waals surface area contributed by atoms with Crippen LogP contribution < -0.4 is 5.32 Å². The summed E-state index contributed by atoms with van der Waals surface area (Å²) in [6.45, 7) is 0.432. The van der Waals surface area contributed by atoms with Crippen LogP contribution in [-0.2, 0) is 6.42 Å². The van der Waals surface area contributed by atoms with E-state index in [0.717, 1.165) is 16.9 Å². The number of carbonyl (C=O) groups excluding carboxylic acids is 1. The number of hydrogen-bond donors (Lipinski definition) is 2. The summed E-state index contributed by atoms with van der Waals surface area (Å²) >= 11 is 5.78. The first-order valence-corrected chi connectivity index (χ1v) is 7.68. The van der Waals surface area contributed by atoms with Crippen LogP contribution in [0.3, 0.4) is 0 Å². The Morgan fingerprint density at radius 2 is 2.09 bits per heavy atom. The van der Waals surface area contributed by atoms with Crippen LogP contribution in [0.1, 0.15) is 22.6 Å². The van der Waals surface area contributed by atoms with Crippen molar-refractivity contribution in [3.8, 4) is 0 Å². The normalized spacial score (nSPS) is 10.9. The lowest BCUT2D eigenvalue weighted by molar-refractivity contribution is 0.0949. The van der Waals surface area contributed by atoms with Crippen LogP contribution >= 0.6 is 11.6 Å². The van der Waals surface area contributed by atoms with Gasteiger partial charge in [-0.2, -0.15) is 0 Å². The lowest BCUT2D eigenvalue weighted by atomic mass is 10.2. The maximum absolute atomic E-state index is 13.6. The number of amides is 1. The Morgan fingerprint density at radius 1 is 1.26 bits per heavy atom. The van der Waals surface area contributed by atoms with Gasteiger partial charge in [-0.1, -0.05) is 23.7 Å². The van der Waals surface area contributed by atoms with Crippen molar-refractivity contribution in [2.45, 2.75) is 12.8 Å². The summed E-state index contributed by atoms with van der Waals surface area (Å²) in [6.07, 6.45) is 1.40. The van der Waals surface area contributed by atoms with Crippen LogP contribution in [0, 0.1) is 5.82 Å². The highest BCUT2D eigenvalue weighted by Crippen LogP contribution is 2.15. The summed E-state index contributed by atoms with van der Waals surface area (Å²) in [7, 11) is 0. The molecule has 1 aromatic heterocycles. The molecule has 0 saturated heterocycles. The van der Waals surface area contributed by atoms with E-state index in [1.54, 1.807) is 0 Å². The molecule has 0 aliphatic heterocycles. The zero-order chi connectivity index (χ0) is 16.2. The molecule has 1 heterocycles. The number of para-hydroxylation sites is 2. The highest BCUT2D eigenvalue weighted by atomic mass is 35.5. The summed E-state index contributed by atoms with van der Waals surface area (Å²) in [5.41, 5.74) is 1.88. The van der Waals surface area contributed by atoms with Gasteiger partial charge in [0.2, 0.25) is 0 Å². The van der Waals surface area contributed by atoms with Gasteiger partial charge in [0.15, 0.2) is 0 Å². The van der Waals surface area contributed by atoms with Crippen molar-refractivity contribution in [1.29, 1.82) is 0 Å². The summed E-state index contributed by atoms with van der Waals surface area (Å²) in [4.78, 5) is 19.6. The van der Waals surface area contributed by atoms with Crippen LogP contribution in [0.5, 0.6) is 0 Å². The second-order valence-electron chi connectivity index (χ2n) is 5.18. The standard InChI is InChI=1S/C17H15ClFN3O/c18-11-7-8-13(19)12(10-11)17(23)20-9-3-6-16-21-14-4-1-2-5-15(14)22-16/h1-2,4-5,7-8,10H,3,6,9H2,(H,20,23)(H,21,22). The number of hydrogen-bond acceptors (Lipinski definition) is 2. The minimum absolute atomic E-state index is 0.0405. The van der Waals surface area contributed by atoms with Crippen molar-refractivity contribution in [2.24, 2.45) is 0 Å². The maximum Gasteiger partial charge on any atom is 0.254 e. The largest absolute Gasteiger partial charge is 0.352 e. The van der Waals surface area contributed by atoms with Gasteiger partial charge in [-0.05, 0) is 36.8 Å². The van der Waals surface area contributed by atoms with E-state index < -0.39 is 11.7 Å². The molecule has 1 amide bonds. The number of nitrogens with zero attached hydrogens (tertiary/aromatic N) is 1. The Hall–Kier alpha value is -2.40. The number of aryl methyl sites for hydroxylation is 1. The van der Waals surface area contributed by atoms with Crippen LogP contribution in [-0.4, -0.2) is 22.4 Å². The van der Waals surface area contributed by atoms with Crippen molar-refractivity contribution >= 4 is 28.5 Å². The molecule has 0 spiro atoms. The Morgan fingerprint density at radius 3 is 2.91 bits per heavy atom. The van der Waals surface area contributed by atoms with Gasteiger partial charge in [-0.15, -0.1) is 0 Å². The Labute approximate surface area is 137 Å². The van der Waals surface area contributed by atoms with Crippen molar-refractivity contribution < 1.29 is 9.18 Å². The average Bonchev–Trinajstić information content (AvgIpc) is 2.96. The number of fused-ring (bicyclic) bond motifs is 1. The van der Waals surface area contributed by atoms with E-state index >= 15 is 0 Å². The van der Waals surface area contributed by atoms with Crippen LogP contribution in [0.15, 0.2) is 42.5 Å². The first-order valence-electron chi connectivity index (χ1n) is 7.30. The molecule has 6 heteroatoms. The van der Waals surface area contributed by atoms with Crippen LogP contribution in [0.25, 0.3) is 11.0 Å². The average molecular weight is 332 g/mol. The third-order valence-electron chi connectivity index (χ3n) is 3.49. The number of imidazole rings is 1. The molecule has 2 aromatic carbocycles. The fraction of sp³-hybridized carbons (Fsp3) is 0.176. The topological polar surface area (TPSA) is 57.8 Å². The number of benzene rings is 2. The summed E-state index contributed by atoms with van der Waals surface area (Å²) < 4.78 is 13.6. The summed E-state index contributed by atoms with van der Waals surface area (Å²) in [5.74, 6) is -0.173. The predicted molar refractivity (Wildman–Crippen MR) is 88.2 cm³/mol. The lowest BCUT2D eigenvalue weighted by Gasteiger charge is -2.06. The molecular weight excluding hydrogens is 317 g/mol. The van der Waals surface area contributed by atoms with E-state index in [9.17, 15) is 9.18 Å². The molecule has 0 aliphatic carbocycles. The van der Waals surface area contributed by atoms with E-state index in [1.807, 2.05) is 24.3 Å². The summed E-state index contributed by atoms with van der Waals surface area (Å²) in [6, 6.07) is 11.7. The fourth-order valence-corrected chi connectivity index (χ4v) is 2.52. The lowest BCUT2D eigenvalue weighted by Crippen LogP contribution is -2.25. The van der Waals surface area contributed by atoms with Gasteiger partial charge in [0.25, 0.3) is 5.91 Å². The fourth-order valence-electron chi connectivity index (χ4n) is 2.35. The molecule has 0 unspecified atom stereocenters. The first kappa shape index (κ1) is 15.5. The van der Waals surface area contributed by atoms with Crippen molar-refractivity contribution in [1.82, 2.24) is 15.3 Å². The molecule has 0 saturated carbocycles. The number of rotatable bonds is 5. The molecule has 0 fully saturated rings. The molecule has 3 aromatic rings. The number of aromatic nitrogens is 2. The molecule has 118 valence electrons. The highest BCUT2D eigenvalue weighted by Gasteiger charge is 2.11.